The van der Waals surface area contributed by atoms with Gasteiger partial charge in [0.1, 0.15) is 0 Å². The monoisotopic (exact) mass is 383 g/mol. The molecule has 1 heterocycles. The number of nitrogens with zero attached hydrogens (tertiary/aromatic N) is 4. The van der Waals surface area contributed by atoms with Gasteiger partial charge < -0.3 is 5.73 Å². The zero-order valence-electron chi connectivity index (χ0n) is 10.5. The van der Waals surface area contributed by atoms with Gasteiger partial charge in [0.25, 0.3) is 0 Å². The number of rotatable bonds is 2. The van der Waals surface area contributed by atoms with E-state index in [0.717, 1.165) is 0 Å². The van der Waals surface area contributed by atoms with E-state index in [1.165, 1.54) is 0 Å². The van der Waals surface area contributed by atoms with Gasteiger partial charge in [0.05, 0.1) is 15.2 Å². The van der Waals surface area contributed by atoms with Crippen molar-refractivity contribution in [2.75, 3.05) is 5.73 Å². The van der Waals surface area contributed by atoms with E-state index >= 15 is 0 Å². The van der Waals surface area contributed by atoms with E-state index < -0.39 is 0 Å². The first-order valence-corrected chi connectivity index (χ1v) is 7.41. The fraction of sp³-hybridized carbons (Fsp3) is 0. The zero-order valence-corrected chi connectivity index (χ0v) is 13.6. The van der Waals surface area contributed by atoms with Crippen molar-refractivity contribution in [1.29, 1.82) is 0 Å². The standard InChI is InChI=1S/C13H8BrCl2N5/c14-12-9(16)2-1-3-11(12)21-13(18-19-20-21)8-6-7(15)4-5-10(8)17/h1-6H,17H2. The van der Waals surface area contributed by atoms with E-state index in [1.807, 2.05) is 12.1 Å². The maximum absolute atomic E-state index is 6.11. The van der Waals surface area contributed by atoms with Gasteiger partial charge in [-0.05, 0) is 56.7 Å². The summed E-state index contributed by atoms with van der Waals surface area (Å²) in [6.45, 7) is 0. The molecule has 0 radical (unpaired) electrons. The topological polar surface area (TPSA) is 69.6 Å². The molecule has 0 aliphatic heterocycles. The Bertz CT molecular complexity index is 802. The van der Waals surface area contributed by atoms with Gasteiger partial charge in [0.2, 0.25) is 0 Å². The Balaban J connectivity index is 2.22. The molecule has 2 N–H and O–H groups in total. The lowest BCUT2D eigenvalue weighted by molar-refractivity contribution is 0.789. The quantitative estimate of drug-likeness (QED) is 0.678. The number of hydrogen-bond donors (Lipinski definition) is 1. The number of hydrogen-bond acceptors (Lipinski definition) is 4. The largest absolute Gasteiger partial charge is 0.398 e. The summed E-state index contributed by atoms with van der Waals surface area (Å²) in [6, 6.07) is 10.6. The van der Waals surface area contributed by atoms with E-state index in [9.17, 15) is 0 Å². The minimum atomic E-state index is 0.484. The van der Waals surface area contributed by atoms with Crippen LogP contribution in [0.15, 0.2) is 40.9 Å². The molecule has 3 rings (SSSR count). The van der Waals surface area contributed by atoms with Crippen LogP contribution in [-0.2, 0) is 0 Å². The van der Waals surface area contributed by atoms with Gasteiger partial charge in [0.15, 0.2) is 5.82 Å². The Morgan fingerprint density at radius 3 is 2.76 bits per heavy atom. The molecule has 2 aromatic carbocycles. The second-order valence-electron chi connectivity index (χ2n) is 4.22. The molecule has 0 aliphatic rings. The van der Waals surface area contributed by atoms with E-state index in [0.29, 0.717) is 37.3 Å². The number of anilines is 1. The predicted molar refractivity (Wildman–Crippen MR) is 86.7 cm³/mol. The van der Waals surface area contributed by atoms with E-state index in [-0.39, 0.29) is 0 Å². The molecule has 5 nitrogen and oxygen atoms in total. The van der Waals surface area contributed by atoms with Crippen LogP contribution < -0.4 is 5.73 Å². The average molecular weight is 385 g/mol. The van der Waals surface area contributed by atoms with E-state index in [4.69, 9.17) is 28.9 Å². The molecule has 0 bridgehead atoms. The second kappa shape index (κ2) is 5.63. The highest BCUT2D eigenvalue weighted by Crippen LogP contribution is 2.33. The molecule has 8 heteroatoms. The van der Waals surface area contributed by atoms with Crippen LogP contribution in [0.5, 0.6) is 0 Å². The summed E-state index contributed by atoms with van der Waals surface area (Å²) in [5.41, 5.74) is 7.89. The minimum Gasteiger partial charge on any atom is -0.398 e. The molecule has 0 aliphatic carbocycles. The summed E-state index contributed by atoms with van der Waals surface area (Å²) in [5, 5.41) is 12.9. The summed E-state index contributed by atoms with van der Waals surface area (Å²) in [4.78, 5) is 0. The molecule has 21 heavy (non-hydrogen) atoms. The van der Waals surface area contributed by atoms with Crippen molar-refractivity contribution in [2.24, 2.45) is 0 Å². The van der Waals surface area contributed by atoms with Crippen LogP contribution in [0.4, 0.5) is 5.69 Å². The Morgan fingerprint density at radius 2 is 1.95 bits per heavy atom. The smallest absolute Gasteiger partial charge is 0.189 e. The summed E-state index contributed by atoms with van der Waals surface area (Å²) in [5.74, 6) is 0.484. The average Bonchev–Trinajstić information content (AvgIpc) is 2.93. The summed E-state index contributed by atoms with van der Waals surface area (Å²) >= 11 is 15.6. The Hall–Kier alpha value is -1.63. The number of halogens is 3. The third-order valence-corrected chi connectivity index (χ3v) is 4.50. The zero-order chi connectivity index (χ0) is 15.0. The van der Waals surface area contributed by atoms with Crippen LogP contribution in [0.2, 0.25) is 10.0 Å². The molecule has 0 fully saturated rings. The normalized spacial score (nSPS) is 10.8. The number of nitrogen functional groups attached to an aromatic ring is 1. The van der Waals surface area contributed by atoms with Gasteiger partial charge >= 0.3 is 0 Å². The van der Waals surface area contributed by atoms with Gasteiger partial charge in [-0.3, -0.25) is 0 Å². The molecule has 0 saturated heterocycles. The third-order valence-electron chi connectivity index (χ3n) is 2.89. The predicted octanol–water partition coefficient (Wildman–Crippen LogP) is 3.98. The molecular weight excluding hydrogens is 377 g/mol. The molecule has 0 spiro atoms. The lowest BCUT2D eigenvalue weighted by Crippen LogP contribution is -2.02. The summed E-state index contributed by atoms with van der Waals surface area (Å²) in [6.07, 6.45) is 0. The van der Waals surface area contributed by atoms with E-state index in [2.05, 4.69) is 31.5 Å². The molecule has 106 valence electrons. The first kappa shape index (κ1) is 14.3. The maximum Gasteiger partial charge on any atom is 0.189 e. The van der Waals surface area contributed by atoms with Crippen LogP contribution in [0, 0.1) is 0 Å². The van der Waals surface area contributed by atoms with Crippen LogP contribution in [0.25, 0.3) is 17.1 Å². The maximum atomic E-state index is 6.11. The third kappa shape index (κ3) is 2.62. The lowest BCUT2D eigenvalue weighted by Gasteiger charge is -2.09. The Labute approximate surface area is 138 Å². The molecular formula is C13H8BrCl2N5. The van der Waals surface area contributed by atoms with Gasteiger partial charge in [-0.1, -0.05) is 29.3 Å². The van der Waals surface area contributed by atoms with Crippen molar-refractivity contribution in [3.63, 3.8) is 0 Å². The molecule has 1 aromatic heterocycles. The first-order chi connectivity index (χ1) is 10.1. The van der Waals surface area contributed by atoms with Gasteiger partial charge in [0, 0.05) is 16.3 Å². The molecule has 0 saturated carbocycles. The number of aromatic nitrogens is 4. The van der Waals surface area contributed by atoms with Crippen LogP contribution in [0.3, 0.4) is 0 Å². The summed E-state index contributed by atoms with van der Waals surface area (Å²) in [7, 11) is 0. The highest BCUT2D eigenvalue weighted by molar-refractivity contribution is 9.10. The van der Waals surface area contributed by atoms with Crippen molar-refractivity contribution in [3.05, 3.63) is 50.9 Å². The molecule has 0 atom stereocenters. The first-order valence-electron chi connectivity index (χ1n) is 5.86. The van der Waals surface area contributed by atoms with Gasteiger partial charge in [-0.25, -0.2) is 0 Å². The Kier molecular flexibility index (Phi) is 3.84. The highest BCUT2D eigenvalue weighted by Gasteiger charge is 2.16. The van der Waals surface area contributed by atoms with Crippen molar-refractivity contribution >= 4 is 44.8 Å². The molecule has 0 unspecified atom stereocenters. The minimum absolute atomic E-state index is 0.484. The highest BCUT2D eigenvalue weighted by atomic mass is 79.9. The second-order valence-corrected chi connectivity index (χ2v) is 5.86. The fourth-order valence-electron chi connectivity index (χ4n) is 1.90. The lowest BCUT2D eigenvalue weighted by atomic mass is 10.1. The molecule has 0 amide bonds. The van der Waals surface area contributed by atoms with Gasteiger partial charge in [-0.2, -0.15) is 4.68 Å². The van der Waals surface area contributed by atoms with Crippen molar-refractivity contribution < 1.29 is 0 Å². The molecule has 3 aromatic rings. The fourth-order valence-corrected chi connectivity index (χ4v) is 2.67. The number of nitrogens with two attached hydrogens (primary N) is 1. The van der Waals surface area contributed by atoms with Crippen molar-refractivity contribution in [3.8, 4) is 17.1 Å². The SMILES string of the molecule is Nc1ccc(Cl)cc1-c1nnnn1-c1cccc(Cl)c1Br. The number of benzene rings is 2. The summed E-state index contributed by atoms with van der Waals surface area (Å²) < 4.78 is 2.25. The van der Waals surface area contributed by atoms with Gasteiger partial charge in [-0.15, -0.1) is 5.10 Å². The van der Waals surface area contributed by atoms with Crippen molar-refractivity contribution in [2.45, 2.75) is 0 Å². The van der Waals surface area contributed by atoms with Crippen LogP contribution >= 0.6 is 39.1 Å². The Morgan fingerprint density at radius 1 is 1.14 bits per heavy atom. The van der Waals surface area contributed by atoms with Crippen LogP contribution in [0.1, 0.15) is 0 Å². The van der Waals surface area contributed by atoms with E-state index in [1.54, 1.807) is 28.9 Å². The van der Waals surface area contributed by atoms with Crippen molar-refractivity contribution in [1.82, 2.24) is 20.2 Å². The van der Waals surface area contributed by atoms with Crippen LogP contribution in [-0.4, -0.2) is 20.2 Å². The number of tetrazole rings is 1.